The van der Waals surface area contributed by atoms with Crippen molar-refractivity contribution in [3.05, 3.63) is 0 Å². The zero-order chi connectivity index (χ0) is 16.0. The van der Waals surface area contributed by atoms with Gasteiger partial charge in [0.05, 0.1) is 5.25 Å². The van der Waals surface area contributed by atoms with Crippen LogP contribution < -0.4 is 0 Å². The fraction of sp³-hybridized carbons (Fsp3) is 0.941. The van der Waals surface area contributed by atoms with Crippen molar-refractivity contribution >= 4 is 15.7 Å². The molecule has 1 aliphatic heterocycles. The second kappa shape index (κ2) is 5.81. The first-order chi connectivity index (χ1) is 10.4. The Bertz CT molecular complexity index is 525. The Morgan fingerprint density at radius 3 is 2.09 bits per heavy atom. The van der Waals surface area contributed by atoms with E-state index >= 15 is 0 Å². The van der Waals surface area contributed by atoms with Crippen LogP contribution in [0, 0.1) is 5.92 Å². The Hall–Kier alpha value is -0.580. The molecule has 0 aromatic rings. The summed E-state index contributed by atoms with van der Waals surface area (Å²) < 4.78 is 26.2. The number of sulfone groups is 1. The Morgan fingerprint density at radius 1 is 1.05 bits per heavy atom. The number of carbonyl (C=O) groups excluding carboxylic acids is 1. The van der Waals surface area contributed by atoms with E-state index in [0.717, 1.165) is 57.9 Å². The molecule has 1 amide bonds. The molecule has 3 fully saturated rings. The molecule has 1 spiro atoms. The first-order valence-electron chi connectivity index (χ1n) is 8.93. The fourth-order valence-electron chi connectivity index (χ4n) is 4.55. The maximum Gasteiger partial charge on any atom is 0.241 e. The van der Waals surface area contributed by atoms with Crippen molar-refractivity contribution < 1.29 is 13.2 Å². The summed E-state index contributed by atoms with van der Waals surface area (Å²) in [5, 5.41) is -1.12. The molecule has 1 unspecified atom stereocenters. The Kier molecular flexibility index (Phi) is 4.30. The van der Waals surface area contributed by atoms with E-state index in [4.69, 9.17) is 0 Å². The molecule has 1 saturated heterocycles. The van der Waals surface area contributed by atoms with E-state index in [2.05, 4.69) is 0 Å². The lowest BCUT2D eigenvalue weighted by Gasteiger charge is -2.59. The number of hydrogen-bond acceptors (Lipinski definition) is 3. The van der Waals surface area contributed by atoms with E-state index in [-0.39, 0.29) is 22.6 Å². The molecule has 0 aromatic heterocycles. The maximum atomic E-state index is 13.1. The molecule has 1 heterocycles. The minimum absolute atomic E-state index is 0.0340. The van der Waals surface area contributed by atoms with E-state index in [1.807, 2.05) is 18.7 Å². The summed E-state index contributed by atoms with van der Waals surface area (Å²) in [5.74, 6) is -0.247. The van der Waals surface area contributed by atoms with Gasteiger partial charge in [0.15, 0.2) is 9.84 Å². The molecule has 0 radical (unpaired) electrons. The summed E-state index contributed by atoms with van der Waals surface area (Å²) in [5.41, 5.74) is 0.0340. The van der Waals surface area contributed by atoms with Gasteiger partial charge in [0.2, 0.25) is 5.91 Å². The lowest BCUT2D eigenvalue weighted by Crippen LogP contribution is -2.68. The van der Waals surface area contributed by atoms with Gasteiger partial charge in [0.25, 0.3) is 0 Å². The highest BCUT2D eigenvalue weighted by Gasteiger charge is 2.54. The first-order valence-corrected chi connectivity index (χ1v) is 10.5. The van der Waals surface area contributed by atoms with Crippen molar-refractivity contribution in [2.24, 2.45) is 5.92 Å². The van der Waals surface area contributed by atoms with Crippen LogP contribution in [0.1, 0.15) is 71.6 Å². The number of nitrogens with zero attached hydrogens (tertiary/aromatic N) is 1. The molecular formula is C17H29NO3S. The van der Waals surface area contributed by atoms with Crippen LogP contribution in [-0.4, -0.2) is 41.8 Å². The van der Waals surface area contributed by atoms with Crippen molar-refractivity contribution in [3.63, 3.8) is 0 Å². The lowest BCUT2D eigenvalue weighted by molar-refractivity contribution is -0.156. The smallest absolute Gasteiger partial charge is 0.241 e. The number of amides is 1. The molecule has 22 heavy (non-hydrogen) atoms. The Morgan fingerprint density at radius 2 is 1.68 bits per heavy atom. The number of likely N-dealkylation sites (tertiary alicyclic amines) is 1. The molecule has 4 nitrogen and oxygen atoms in total. The van der Waals surface area contributed by atoms with Crippen LogP contribution in [-0.2, 0) is 14.6 Å². The second-order valence-electron chi connectivity index (χ2n) is 7.83. The molecule has 0 bridgehead atoms. The van der Waals surface area contributed by atoms with Crippen LogP contribution in [0.25, 0.3) is 0 Å². The highest BCUT2D eigenvalue weighted by atomic mass is 32.2. The van der Waals surface area contributed by atoms with E-state index in [1.165, 1.54) is 6.42 Å². The molecule has 5 heteroatoms. The predicted molar refractivity (Wildman–Crippen MR) is 87.3 cm³/mol. The van der Waals surface area contributed by atoms with Gasteiger partial charge in [-0.2, -0.15) is 0 Å². The number of carbonyl (C=O) groups is 1. The quantitative estimate of drug-likeness (QED) is 0.798. The minimum atomic E-state index is -3.37. The molecule has 3 rings (SSSR count). The third kappa shape index (κ3) is 2.49. The molecule has 2 saturated carbocycles. The van der Waals surface area contributed by atoms with Crippen molar-refractivity contribution in [1.29, 1.82) is 0 Å². The molecule has 1 atom stereocenters. The largest absolute Gasteiger partial charge is 0.336 e. The first kappa shape index (κ1) is 16.3. The summed E-state index contributed by atoms with van der Waals surface area (Å²) in [4.78, 5) is 14.9. The van der Waals surface area contributed by atoms with Gasteiger partial charge in [-0.25, -0.2) is 8.42 Å². The van der Waals surface area contributed by atoms with Crippen LogP contribution in [0.2, 0.25) is 0 Å². The predicted octanol–water partition coefficient (Wildman–Crippen LogP) is 2.91. The van der Waals surface area contributed by atoms with E-state index < -0.39 is 15.1 Å². The number of hydrogen-bond donors (Lipinski definition) is 0. The average molecular weight is 327 g/mol. The van der Waals surface area contributed by atoms with Crippen LogP contribution >= 0.6 is 0 Å². The van der Waals surface area contributed by atoms with E-state index in [0.29, 0.717) is 0 Å². The topological polar surface area (TPSA) is 54.5 Å². The normalized spacial score (nSPS) is 26.6. The molecule has 3 aliphatic rings. The van der Waals surface area contributed by atoms with E-state index in [1.54, 1.807) is 0 Å². The van der Waals surface area contributed by atoms with Gasteiger partial charge in [-0.05, 0) is 44.4 Å². The van der Waals surface area contributed by atoms with Gasteiger partial charge < -0.3 is 4.90 Å². The maximum absolute atomic E-state index is 13.1. The average Bonchev–Trinajstić information content (AvgIpc) is 2.36. The van der Waals surface area contributed by atoms with Crippen molar-refractivity contribution in [2.75, 3.05) is 6.54 Å². The van der Waals surface area contributed by atoms with E-state index in [9.17, 15) is 13.2 Å². The summed E-state index contributed by atoms with van der Waals surface area (Å²) in [6, 6.07) is 0. The number of rotatable bonds is 4. The standard InChI is InChI=1S/C17H29NO3S/c1-13(2)15(22(20,21)14-7-4-3-5-8-14)16(19)18-12-11-17(18)9-6-10-17/h13-15H,3-12H2,1-2H3. The zero-order valence-corrected chi connectivity index (χ0v) is 14.7. The highest BCUT2D eigenvalue weighted by Crippen LogP contribution is 2.48. The van der Waals surface area contributed by atoms with Gasteiger partial charge in [-0.3, -0.25) is 4.79 Å². The van der Waals surface area contributed by atoms with Crippen LogP contribution in [0.4, 0.5) is 0 Å². The minimum Gasteiger partial charge on any atom is -0.336 e. The SMILES string of the molecule is CC(C)C(C(=O)N1CCC12CCC2)S(=O)(=O)C1CCCCC1. The molecule has 0 aromatic carbocycles. The summed E-state index contributed by atoms with van der Waals surface area (Å²) in [7, 11) is -3.37. The van der Waals surface area contributed by atoms with Crippen molar-refractivity contribution in [1.82, 2.24) is 4.90 Å². The van der Waals surface area contributed by atoms with Crippen molar-refractivity contribution in [3.8, 4) is 0 Å². The van der Waals surface area contributed by atoms with Crippen LogP contribution in [0.5, 0.6) is 0 Å². The highest BCUT2D eigenvalue weighted by molar-refractivity contribution is 7.93. The van der Waals surface area contributed by atoms with Crippen LogP contribution in [0.15, 0.2) is 0 Å². The van der Waals surface area contributed by atoms with Gasteiger partial charge in [0.1, 0.15) is 5.25 Å². The lowest BCUT2D eigenvalue weighted by atomic mass is 9.67. The van der Waals surface area contributed by atoms with Gasteiger partial charge >= 0.3 is 0 Å². The summed E-state index contributed by atoms with van der Waals surface area (Å²) >= 11 is 0. The third-order valence-electron chi connectivity index (χ3n) is 6.14. The third-order valence-corrected chi connectivity index (χ3v) is 9.00. The molecule has 2 aliphatic carbocycles. The van der Waals surface area contributed by atoms with Crippen LogP contribution in [0.3, 0.4) is 0 Å². The summed E-state index contributed by atoms with van der Waals surface area (Å²) in [6.45, 7) is 4.52. The Balaban J connectivity index is 1.81. The van der Waals surface area contributed by atoms with Crippen molar-refractivity contribution in [2.45, 2.75) is 87.7 Å². The molecule has 0 N–H and O–H groups in total. The fourth-order valence-corrected chi connectivity index (χ4v) is 7.12. The monoisotopic (exact) mass is 327 g/mol. The molecular weight excluding hydrogens is 298 g/mol. The second-order valence-corrected chi connectivity index (χ2v) is 10.2. The molecule has 126 valence electrons. The van der Waals surface area contributed by atoms with Gasteiger partial charge in [-0.1, -0.05) is 33.1 Å². The zero-order valence-electron chi connectivity index (χ0n) is 13.9. The van der Waals surface area contributed by atoms with Gasteiger partial charge in [-0.15, -0.1) is 0 Å². The summed E-state index contributed by atoms with van der Waals surface area (Å²) in [6.07, 6.45) is 8.93. The van der Waals surface area contributed by atoms with Gasteiger partial charge in [0, 0.05) is 12.1 Å². The Labute approximate surface area is 134 Å².